The van der Waals surface area contributed by atoms with Crippen molar-refractivity contribution in [2.24, 2.45) is 7.05 Å². The highest BCUT2D eigenvalue weighted by atomic mass is 32.2. The molecular weight excluding hydrogens is 290 g/mol. The molecule has 0 spiro atoms. The van der Waals surface area contributed by atoms with Crippen molar-refractivity contribution in [1.29, 1.82) is 0 Å². The molecule has 6 nitrogen and oxygen atoms in total. The van der Waals surface area contributed by atoms with Crippen molar-refractivity contribution in [3.8, 4) is 5.75 Å². The Hall–Kier alpha value is -2.02. The van der Waals surface area contributed by atoms with E-state index < -0.39 is 5.97 Å². The van der Waals surface area contributed by atoms with E-state index in [1.54, 1.807) is 0 Å². The van der Waals surface area contributed by atoms with Gasteiger partial charge >= 0.3 is 5.97 Å². The number of carboxylic acid groups (broad SMARTS) is 1. The summed E-state index contributed by atoms with van der Waals surface area (Å²) in [6.07, 6.45) is 0.104. The minimum Gasteiger partial charge on any atom is -0.486 e. The molecule has 0 aliphatic rings. The van der Waals surface area contributed by atoms with Gasteiger partial charge < -0.3 is 14.4 Å². The lowest BCUT2D eigenvalue weighted by molar-refractivity contribution is -0.136. The quantitative estimate of drug-likeness (QED) is 0.791. The van der Waals surface area contributed by atoms with Gasteiger partial charge in [0, 0.05) is 12.8 Å². The number of ether oxygens (including phenoxy) is 1. The molecule has 0 aliphatic carbocycles. The summed E-state index contributed by atoms with van der Waals surface area (Å²) in [7, 11) is 1.84. The number of hydrogen-bond acceptors (Lipinski definition) is 5. The van der Waals surface area contributed by atoms with Crippen LogP contribution in [0.2, 0.25) is 0 Å². The lowest BCUT2D eigenvalue weighted by atomic mass is 10.2. The lowest BCUT2D eigenvalue weighted by Gasteiger charge is -2.06. The molecule has 2 rings (SSSR count). The van der Waals surface area contributed by atoms with E-state index >= 15 is 0 Å². The van der Waals surface area contributed by atoms with E-state index in [4.69, 9.17) is 9.84 Å². The molecule has 0 radical (unpaired) electrons. The Morgan fingerprint density at radius 3 is 2.71 bits per heavy atom. The number of hydrogen-bond donors (Lipinski definition) is 1. The number of rotatable bonds is 7. The van der Waals surface area contributed by atoms with Gasteiger partial charge in [0.15, 0.2) is 11.0 Å². The van der Waals surface area contributed by atoms with Gasteiger partial charge in [-0.05, 0) is 19.1 Å². The predicted molar refractivity (Wildman–Crippen MR) is 79.5 cm³/mol. The zero-order valence-electron chi connectivity index (χ0n) is 11.9. The molecule has 21 heavy (non-hydrogen) atoms. The maximum atomic E-state index is 10.5. The van der Waals surface area contributed by atoms with Crippen LogP contribution in [0, 0.1) is 6.92 Å². The van der Waals surface area contributed by atoms with Gasteiger partial charge in [-0.3, -0.25) is 4.79 Å². The highest BCUT2D eigenvalue weighted by Crippen LogP contribution is 2.18. The molecule has 1 aromatic carbocycles. The van der Waals surface area contributed by atoms with Crippen LogP contribution in [0.3, 0.4) is 0 Å². The van der Waals surface area contributed by atoms with Crippen LogP contribution < -0.4 is 4.74 Å². The van der Waals surface area contributed by atoms with E-state index in [0.717, 1.165) is 5.75 Å². The minimum absolute atomic E-state index is 0.104. The Kier molecular flexibility index (Phi) is 5.21. The normalized spacial score (nSPS) is 10.6. The van der Waals surface area contributed by atoms with Gasteiger partial charge in [-0.2, -0.15) is 0 Å². The van der Waals surface area contributed by atoms with Crippen LogP contribution in [0.4, 0.5) is 0 Å². The number of benzene rings is 1. The summed E-state index contributed by atoms with van der Waals surface area (Å²) in [5.74, 6) is 1.14. The maximum Gasteiger partial charge on any atom is 0.304 e. The highest BCUT2D eigenvalue weighted by molar-refractivity contribution is 7.99. The second-order valence-corrected chi connectivity index (χ2v) is 5.61. The molecule has 7 heteroatoms. The zero-order chi connectivity index (χ0) is 15.2. The van der Waals surface area contributed by atoms with Crippen molar-refractivity contribution in [1.82, 2.24) is 14.8 Å². The summed E-state index contributed by atoms with van der Waals surface area (Å²) < 4.78 is 7.48. The van der Waals surface area contributed by atoms with Gasteiger partial charge in [0.2, 0.25) is 0 Å². The van der Waals surface area contributed by atoms with E-state index in [-0.39, 0.29) is 6.42 Å². The average Bonchev–Trinajstić information content (AvgIpc) is 2.79. The van der Waals surface area contributed by atoms with Gasteiger partial charge in [-0.15, -0.1) is 10.2 Å². The number of nitrogens with zero attached hydrogens (tertiary/aromatic N) is 3. The lowest BCUT2D eigenvalue weighted by Crippen LogP contribution is -2.04. The van der Waals surface area contributed by atoms with Crippen LogP contribution in [-0.4, -0.2) is 31.6 Å². The van der Waals surface area contributed by atoms with Crippen LogP contribution in [-0.2, 0) is 18.4 Å². The molecule has 1 heterocycles. The van der Waals surface area contributed by atoms with E-state index in [1.807, 2.05) is 42.8 Å². The van der Waals surface area contributed by atoms with Crippen LogP contribution >= 0.6 is 11.8 Å². The number of aryl methyl sites for hydroxylation is 1. The second-order valence-electron chi connectivity index (χ2n) is 4.55. The molecule has 1 N–H and O–H groups in total. The number of thioether (sulfide) groups is 1. The SMILES string of the molecule is Cc1ccc(OCc2nnc(SCCC(=O)O)n2C)cc1. The van der Waals surface area contributed by atoms with Gasteiger partial charge in [0.1, 0.15) is 12.4 Å². The average molecular weight is 307 g/mol. The zero-order valence-corrected chi connectivity index (χ0v) is 12.8. The fraction of sp³-hybridized carbons (Fsp3) is 0.357. The molecule has 112 valence electrons. The fourth-order valence-corrected chi connectivity index (χ4v) is 2.47. The first kappa shape index (κ1) is 15.4. The van der Waals surface area contributed by atoms with Gasteiger partial charge in [-0.25, -0.2) is 0 Å². The monoisotopic (exact) mass is 307 g/mol. The van der Waals surface area contributed by atoms with Crippen molar-refractivity contribution < 1.29 is 14.6 Å². The summed E-state index contributed by atoms with van der Waals surface area (Å²) >= 11 is 1.37. The number of aliphatic carboxylic acids is 1. The van der Waals surface area contributed by atoms with E-state index in [2.05, 4.69) is 10.2 Å². The third-order valence-electron chi connectivity index (χ3n) is 2.86. The molecule has 0 saturated heterocycles. The van der Waals surface area contributed by atoms with Crippen molar-refractivity contribution >= 4 is 17.7 Å². The maximum absolute atomic E-state index is 10.5. The first-order valence-corrected chi connectivity index (χ1v) is 7.47. The van der Waals surface area contributed by atoms with Crippen molar-refractivity contribution in [2.75, 3.05) is 5.75 Å². The van der Waals surface area contributed by atoms with Gasteiger partial charge in [0.25, 0.3) is 0 Å². The van der Waals surface area contributed by atoms with Gasteiger partial charge in [0.05, 0.1) is 6.42 Å². The Morgan fingerprint density at radius 2 is 2.05 bits per heavy atom. The van der Waals surface area contributed by atoms with Crippen LogP contribution in [0.1, 0.15) is 17.8 Å². The summed E-state index contributed by atoms with van der Waals surface area (Å²) in [4.78, 5) is 10.5. The summed E-state index contributed by atoms with van der Waals surface area (Å²) in [6, 6.07) is 7.79. The largest absolute Gasteiger partial charge is 0.486 e. The van der Waals surface area contributed by atoms with Crippen molar-refractivity contribution in [3.05, 3.63) is 35.7 Å². The van der Waals surface area contributed by atoms with Crippen LogP contribution in [0.15, 0.2) is 29.4 Å². The number of aromatic nitrogens is 3. The minimum atomic E-state index is -0.812. The smallest absolute Gasteiger partial charge is 0.304 e. The van der Waals surface area contributed by atoms with Crippen molar-refractivity contribution in [2.45, 2.75) is 25.1 Å². The highest BCUT2D eigenvalue weighted by Gasteiger charge is 2.10. The third-order valence-corrected chi connectivity index (χ3v) is 3.88. The molecular formula is C14H17N3O3S. The Morgan fingerprint density at radius 1 is 1.33 bits per heavy atom. The van der Waals surface area contributed by atoms with Crippen LogP contribution in [0.25, 0.3) is 0 Å². The molecule has 0 saturated carbocycles. The molecule has 0 unspecified atom stereocenters. The molecule has 0 fully saturated rings. The standard InChI is InChI=1S/C14H17N3O3S/c1-10-3-5-11(6-4-10)20-9-12-15-16-14(17(12)2)21-8-7-13(18)19/h3-6H,7-9H2,1-2H3,(H,18,19). The first-order valence-electron chi connectivity index (χ1n) is 6.48. The molecule has 0 bridgehead atoms. The summed E-state index contributed by atoms with van der Waals surface area (Å²) in [5.41, 5.74) is 1.18. The molecule has 1 aromatic heterocycles. The number of carbonyl (C=O) groups is 1. The number of carboxylic acids is 1. The third kappa shape index (κ3) is 4.49. The Bertz CT molecular complexity index is 610. The Labute approximate surface area is 127 Å². The topological polar surface area (TPSA) is 77.2 Å². The van der Waals surface area contributed by atoms with Crippen molar-refractivity contribution in [3.63, 3.8) is 0 Å². The van der Waals surface area contributed by atoms with E-state index in [9.17, 15) is 4.79 Å². The molecule has 0 amide bonds. The molecule has 2 aromatic rings. The van der Waals surface area contributed by atoms with Crippen LogP contribution in [0.5, 0.6) is 5.75 Å². The second kappa shape index (κ2) is 7.12. The summed E-state index contributed by atoms with van der Waals surface area (Å²) in [6.45, 7) is 2.35. The van der Waals surface area contributed by atoms with E-state index in [0.29, 0.717) is 23.3 Å². The van der Waals surface area contributed by atoms with Gasteiger partial charge in [-0.1, -0.05) is 29.5 Å². The summed E-state index contributed by atoms with van der Waals surface area (Å²) in [5, 5.41) is 17.4. The predicted octanol–water partition coefficient (Wildman–Crippen LogP) is 2.27. The van der Waals surface area contributed by atoms with E-state index in [1.165, 1.54) is 17.3 Å². The fourth-order valence-electron chi connectivity index (χ4n) is 1.61. The Balaban J connectivity index is 1.90. The molecule has 0 aliphatic heterocycles. The molecule has 0 atom stereocenters. The first-order chi connectivity index (χ1) is 10.1.